The molecule has 0 saturated heterocycles. The molecule has 0 unspecified atom stereocenters. The van der Waals surface area contributed by atoms with Crippen molar-refractivity contribution in [3.8, 4) is 0 Å². The van der Waals surface area contributed by atoms with Gasteiger partial charge in [-0.05, 0) is 49.9 Å². The van der Waals surface area contributed by atoms with Crippen molar-refractivity contribution in [3.05, 3.63) is 69.8 Å². The molecule has 19 heavy (non-hydrogen) atoms. The zero-order chi connectivity index (χ0) is 14.0. The van der Waals surface area contributed by atoms with E-state index in [1.54, 1.807) is 0 Å². The van der Waals surface area contributed by atoms with Gasteiger partial charge in [0, 0.05) is 12.0 Å². The topological polar surface area (TPSA) is 17.1 Å². The minimum Gasteiger partial charge on any atom is -0.294 e. The Kier molecular flexibility index (Phi) is 3.84. The van der Waals surface area contributed by atoms with Crippen molar-refractivity contribution in [1.29, 1.82) is 0 Å². The molecule has 0 aliphatic carbocycles. The van der Waals surface area contributed by atoms with E-state index in [0.29, 0.717) is 6.42 Å². The molecule has 0 spiro atoms. The molecule has 0 aliphatic heterocycles. The van der Waals surface area contributed by atoms with Gasteiger partial charge in [0.15, 0.2) is 5.78 Å². The van der Waals surface area contributed by atoms with Gasteiger partial charge in [-0.3, -0.25) is 4.79 Å². The Morgan fingerprint density at radius 1 is 0.895 bits per heavy atom. The van der Waals surface area contributed by atoms with Crippen molar-refractivity contribution in [1.82, 2.24) is 0 Å². The largest absolute Gasteiger partial charge is 0.294 e. The van der Waals surface area contributed by atoms with Crippen LogP contribution in [0.15, 0.2) is 36.4 Å². The number of benzene rings is 2. The first kappa shape index (κ1) is 13.5. The number of carbonyl (C=O) groups excluding carboxylic acids is 1. The fraction of sp³-hybridized carbons (Fsp3) is 0.278. The van der Waals surface area contributed by atoms with Gasteiger partial charge in [0.05, 0.1) is 0 Å². The summed E-state index contributed by atoms with van der Waals surface area (Å²) in [7, 11) is 0. The first-order valence-corrected chi connectivity index (χ1v) is 6.64. The van der Waals surface area contributed by atoms with Crippen LogP contribution in [0.1, 0.15) is 38.2 Å². The van der Waals surface area contributed by atoms with Crippen molar-refractivity contribution in [2.24, 2.45) is 0 Å². The van der Waals surface area contributed by atoms with Crippen LogP contribution >= 0.6 is 0 Å². The number of Topliss-reactive ketones (excluding diaryl/α,β-unsaturated/α-hetero) is 1. The molecule has 2 rings (SSSR count). The average Bonchev–Trinajstić information content (AvgIpc) is 2.30. The first-order valence-electron chi connectivity index (χ1n) is 6.64. The molecule has 0 saturated carbocycles. The molecular formula is C18H20O. The van der Waals surface area contributed by atoms with Gasteiger partial charge in [0.2, 0.25) is 0 Å². The van der Waals surface area contributed by atoms with Crippen LogP contribution < -0.4 is 0 Å². The predicted molar refractivity (Wildman–Crippen MR) is 79.9 cm³/mol. The monoisotopic (exact) mass is 252 g/mol. The molecule has 0 aromatic heterocycles. The zero-order valence-electron chi connectivity index (χ0n) is 12.1. The van der Waals surface area contributed by atoms with Gasteiger partial charge in [-0.2, -0.15) is 0 Å². The van der Waals surface area contributed by atoms with Crippen LogP contribution in [0.25, 0.3) is 0 Å². The summed E-state index contributed by atoms with van der Waals surface area (Å²) >= 11 is 0. The Morgan fingerprint density at radius 3 is 2.05 bits per heavy atom. The Morgan fingerprint density at radius 2 is 1.47 bits per heavy atom. The van der Waals surface area contributed by atoms with Crippen LogP contribution in [-0.2, 0) is 6.42 Å². The Bertz CT molecular complexity index is 600. The van der Waals surface area contributed by atoms with E-state index in [9.17, 15) is 4.79 Å². The number of carbonyl (C=O) groups is 1. The van der Waals surface area contributed by atoms with Crippen molar-refractivity contribution < 1.29 is 4.79 Å². The molecule has 0 amide bonds. The second-order valence-electron chi connectivity index (χ2n) is 5.30. The van der Waals surface area contributed by atoms with E-state index >= 15 is 0 Å². The van der Waals surface area contributed by atoms with Crippen LogP contribution in [0, 0.1) is 27.7 Å². The third kappa shape index (κ3) is 2.93. The van der Waals surface area contributed by atoms with Crippen molar-refractivity contribution >= 4 is 5.78 Å². The number of hydrogen-bond donors (Lipinski definition) is 0. The lowest BCUT2D eigenvalue weighted by atomic mass is 9.92. The molecule has 0 N–H and O–H groups in total. The molecule has 98 valence electrons. The van der Waals surface area contributed by atoms with Crippen molar-refractivity contribution in [2.75, 3.05) is 0 Å². The Balaban J connectivity index is 2.34. The maximum atomic E-state index is 12.5. The zero-order valence-corrected chi connectivity index (χ0v) is 12.1. The summed E-state index contributed by atoms with van der Waals surface area (Å²) in [5.74, 6) is 0.212. The molecule has 2 aromatic carbocycles. The van der Waals surface area contributed by atoms with E-state index < -0.39 is 0 Å². The summed E-state index contributed by atoms with van der Waals surface area (Å²) in [6.07, 6.45) is 0.484. The molecule has 1 nitrogen and oxygen atoms in total. The average molecular weight is 252 g/mol. The van der Waals surface area contributed by atoms with Gasteiger partial charge in [-0.1, -0.05) is 42.0 Å². The molecule has 0 radical (unpaired) electrons. The smallest absolute Gasteiger partial charge is 0.167 e. The highest BCUT2D eigenvalue weighted by Gasteiger charge is 2.14. The van der Waals surface area contributed by atoms with Crippen LogP contribution in [0.3, 0.4) is 0 Å². The highest BCUT2D eigenvalue weighted by molar-refractivity contribution is 6.00. The molecule has 2 aromatic rings. The van der Waals surface area contributed by atoms with Crippen LogP contribution in [-0.4, -0.2) is 5.78 Å². The number of hydrogen-bond acceptors (Lipinski definition) is 1. The van der Waals surface area contributed by atoms with E-state index in [2.05, 4.69) is 32.0 Å². The third-order valence-corrected chi connectivity index (χ3v) is 3.57. The maximum Gasteiger partial charge on any atom is 0.167 e. The van der Waals surface area contributed by atoms with Crippen LogP contribution in [0.4, 0.5) is 0 Å². The minimum absolute atomic E-state index is 0.212. The highest BCUT2D eigenvalue weighted by atomic mass is 16.1. The van der Waals surface area contributed by atoms with E-state index in [-0.39, 0.29) is 5.78 Å². The van der Waals surface area contributed by atoms with Crippen molar-refractivity contribution in [2.45, 2.75) is 34.1 Å². The minimum atomic E-state index is 0.212. The van der Waals surface area contributed by atoms with Gasteiger partial charge < -0.3 is 0 Å². The molecular weight excluding hydrogens is 232 g/mol. The number of aryl methyl sites for hydroxylation is 4. The van der Waals surface area contributed by atoms with E-state index in [4.69, 9.17) is 0 Å². The molecule has 0 aliphatic rings. The van der Waals surface area contributed by atoms with E-state index in [0.717, 1.165) is 22.3 Å². The molecule has 1 heteroatoms. The SMILES string of the molecule is Cc1cc(C)c(C(=O)Cc2ccccc2C)c(C)c1. The number of ketones is 1. The Labute approximate surface area is 115 Å². The second-order valence-corrected chi connectivity index (χ2v) is 5.30. The number of rotatable bonds is 3. The fourth-order valence-electron chi connectivity index (χ4n) is 2.69. The summed E-state index contributed by atoms with van der Waals surface area (Å²) in [4.78, 5) is 12.5. The first-order chi connectivity index (χ1) is 8.99. The standard InChI is InChI=1S/C18H20O/c1-12-9-14(3)18(15(4)10-12)17(19)11-16-8-6-5-7-13(16)2/h5-10H,11H2,1-4H3. The van der Waals surface area contributed by atoms with E-state index in [1.807, 2.05) is 32.0 Å². The van der Waals surface area contributed by atoms with Gasteiger partial charge in [-0.25, -0.2) is 0 Å². The summed E-state index contributed by atoms with van der Waals surface area (Å²) < 4.78 is 0. The molecule has 0 atom stereocenters. The lowest BCUT2D eigenvalue weighted by molar-refractivity contribution is 0.0991. The van der Waals surface area contributed by atoms with Gasteiger partial charge in [-0.15, -0.1) is 0 Å². The second kappa shape index (κ2) is 5.40. The third-order valence-electron chi connectivity index (χ3n) is 3.57. The quantitative estimate of drug-likeness (QED) is 0.742. The molecule has 0 fully saturated rings. The summed E-state index contributed by atoms with van der Waals surface area (Å²) in [6, 6.07) is 12.2. The molecule has 0 heterocycles. The van der Waals surface area contributed by atoms with Crippen LogP contribution in [0.5, 0.6) is 0 Å². The van der Waals surface area contributed by atoms with Crippen LogP contribution in [0.2, 0.25) is 0 Å². The summed E-state index contributed by atoms with van der Waals surface area (Å²) in [5, 5.41) is 0. The van der Waals surface area contributed by atoms with Gasteiger partial charge in [0.25, 0.3) is 0 Å². The predicted octanol–water partition coefficient (Wildman–Crippen LogP) is 4.35. The lowest BCUT2D eigenvalue weighted by Gasteiger charge is -2.11. The lowest BCUT2D eigenvalue weighted by Crippen LogP contribution is -2.09. The summed E-state index contributed by atoms with van der Waals surface area (Å²) in [5.41, 5.74) is 6.55. The summed E-state index contributed by atoms with van der Waals surface area (Å²) in [6.45, 7) is 8.16. The van der Waals surface area contributed by atoms with Gasteiger partial charge in [0.1, 0.15) is 0 Å². The molecule has 0 bridgehead atoms. The normalized spacial score (nSPS) is 10.5. The van der Waals surface area contributed by atoms with Crippen molar-refractivity contribution in [3.63, 3.8) is 0 Å². The fourth-order valence-corrected chi connectivity index (χ4v) is 2.69. The highest BCUT2D eigenvalue weighted by Crippen LogP contribution is 2.19. The van der Waals surface area contributed by atoms with Gasteiger partial charge >= 0.3 is 0 Å². The van der Waals surface area contributed by atoms with E-state index in [1.165, 1.54) is 11.1 Å². The Hall–Kier alpha value is -1.89. The maximum absolute atomic E-state index is 12.5.